The van der Waals surface area contributed by atoms with Crippen LogP contribution in [0, 0.1) is 5.82 Å². The summed E-state index contributed by atoms with van der Waals surface area (Å²) in [7, 11) is 0. The smallest absolute Gasteiger partial charge is 0.225 e. The number of amides is 1. The second kappa shape index (κ2) is 7.83. The maximum absolute atomic E-state index is 12.9. The van der Waals surface area contributed by atoms with Gasteiger partial charge in [-0.2, -0.15) is 0 Å². The topological polar surface area (TPSA) is 66.4 Å². The van der Waals surface area contributed by atoms with E-state index in [1.54, 1.807) is 23.4 Å². The number of ketones is 1. The summed E-state index contributed by atoms with van der Waals surface area (Å²) in [5.74, 6) is 0.0998. The maximum atomic E-state index is 12.9. The lowest BCUT2D eigenvalue weighted by molar-refractivity contribution is -0.131. The van der Waals surface area contributed by atoms with E-state index in [0.29, 0.717) is 37.7 Å². The molecule has 7 heteroatoms. The quantitative estimate of drug-likeness (QED) is 0.777. The lowest BCUT2D eigenvalue weighted by Crippen LogP contribution is -2.49. The standard InChI is InChI=1S/C18H19FN4O2/c19-15-4-2-14(3-5-15)16(24)6-7-17(25)22-10-12-23(13-11-22)18-20-8-1-9-21-18/h1-5,8-9H,6-7,10-13H2. The summed E-state index contributed by atoms with van der Waals surface area (Å²) in [6, 6.07) is 7.16. The van der Waals surface area contributed by atoms with Gasteiger partial charge in [-0.3, -0.25) is 9.59 Å². The molecule has 0 atom stereocenters. The predicted octanol–water partition coefficient (Wildman–Crippen LogP) is 1.93. The van der Waals surface area contributed by atoms with Gasteiger partial charge < -0.3 is 9.80 Å². The lowest BCUT2D eigenvalue weighted by Gasteiger charge is -2.34. The Morgan fingerprint density at radius 1 is 0.960 bits per heavy atom. The molecule has 0 saturated carbocycles. The molecule has 130 valence electrons. The van der Waals surface area contributed by atoms with Gasteiger partial charge in [0.1, 0.15) is 5.82 Å². The van der Waals surface area contributed by atoms with Gasteiger partial charge in [-0.25, -0.2) is 14.4 Å². The van der Waals surface area contributed by atoms with Gasteiger partial charge >= 0.3 is 0 Å². The predicted molar refractivity (Wildman–Crippen MR) is 90.8 cm³/mol. The third kappa shape index (κ3) is 4.37. The van der Waals surface area contributed by atoms with Gasteiger partial charge in [-0.15, -0.1) is 0 Å². The van der Waals surface area contributed by atoms with Crippen molar-refractivity contribution in [3.05, 3.63) is 54.1 Å². The molecule has 3 rings (SSSR count). The molecule has 0 spiro atoms. The van der Waals surface area contributed by atoms with E-state index < -0.39 is 0 Å². The summed E-state index contributed by atoms with van der Waals surface area (Å²) in [6.07, 6.45) is 3.69. The van der Waals surface area contributed by atoms with Gasteiger partial charge in [0.2, 0.25) is 11.9 Å². The molecule has 0 aliphatic carbocycles. The van der Waals surface area contributed by atoms with Gasteiger partial charge in [0, 0.05) is 57.0 Å². The lowest BCUT2D eigenvalue weighted by atomic mass is 10.1. The molecule has 0 radical (unpaired) electrons. The third-order valence-electron chi connectivity index (χ3n) is 4.20. The van der Waals surface area contributed by atoms with E-state index in [1.807, 2.05) is 4.90 Å². The van der Waals surface area contributed by atoms with E-state index in [0.717, 1.165) is 0 Å². The molecule has 2 heterocycles. The fourth-order valence-corrected chi connectivity index (χ4v) is 2.77. The van der Waals surface area contributed by atoms with E-state index in [-0.39, 0.29) is 30.3 Å². The first-order valence-electron chi connectivity index (χ1n) is 8.22. The number of hydrogen-bond acceptors (Lipinski definition) is 5. The first-order valence-corrected chi connectivity index (χ1v) is 8.22. The fraction of sp³-hybridized carbons (Fsp3) is 0.333. The maximum Gasteiger partial charge on any atom is 0.225 e. The summed E-state index contributed by atoms with van der Waals surface area (Å²) in [5, 5.41) is 0. The second-order valence-corrected chi connectivity index (χ2v) is 5.85. The van der Waals surface area contributed by atoms with Crippen LogP contribution in [0.25, 0.3) is 0 Å². The van der Waals surface area contributed by atoms with Crippen molar-refractivity contribution in [2.75, 3.05) is 31.1 Å². The van der Waals surface area contributed by atoms with E-state index in [9.17, 15) is 14.0 Å². The number of Topliss-reactive ketones (excluding diaryl/α,β-unsaturated/α-hetero) is 1. The molecule has 1 aliphatic rings. The largest absolute Gasteiger partial charge is 0.339 e. The van der Waals surface area contributed by atoms with Gasteiger partial charge in [0.25, 0.3) is 0 Å². The molecule has 1 aliphatic heterocycles. The van der Waals surface area contributed by atoms with Crippen LogP contribution >= 0.6 is 0 Å². The Balaban J connectivity index is 1.46. The van der Waals surface area contributed by atoms with E-state index in [1.165, 1.54) is 24.3 Å². The molecule has 1 aromatic carbocycles. The highest BCUT2D eigenvalue weighted by atomic mass is 19.1. The zero-order valence-corrected chi connectivity index (χ0v) is 13.8. The minimum absolute atomic E-state index is 0.0379. The van der Waals surface area contributed by atoms with Crippen LogP contribution in [-0.4, -0.2) is 52.7 Å². The number of nitrogens with zero attached hydrogens (tertiary/aromatic N) is 4. The monoisotopic (exact) mass is 342 g/mol. The number of rotatable bonds is 5. The number of carbonyl (C=O) groups is 2. The molecule has 0 unspecified atom stereocenters. The summed E-state index contributed by atoms with van der Waals surface area (Å²) < 4.78 is 12.9. The van der Waals surface area contributed by atoms with Crippen molar-refractivity contribution in [3.8, 4) is 0 Å². The Bertz CT molecular complexity index is 729. The van der Waals surface area contributed by atoms with Crippen molar-refractivity contribution in [1.82, 2.24) is 14.9 Å². The van der Waals surface area contributed by atoms with Gasteiger partial charge in [-0.1, -0.05) is 0 Å². The number of aromatic nitrogens is 2. The Morgan fingerprint density at radius 2 is 1.60 bits per heavy atom. The summed E-state index contributed by atoms with van der Waals surface area (Å²) in [5.41, 5.74) is 0.431. The molecule has 6 nitrogen and oxygen atoms in total. The molecule has 0 N–H and O–H groups in total. The van der Waals surface area contributed by atoms with Crippen LogP contribution in [0.1, 0.15) is 23.2 Å². The normalized spacial score (nSPS) is 14.4. The van der Waals surface area contributed by atoms with Crippen molar-refractivity contribution >= 4 is 17.6 Å². The molecular weight excluding hydrogens is 323 g/mol. The Hall–Kier alpha value is -2.83. The average Bonchev–Trinajstić information content (AvgIpc) is 2.67. The minimum Gasteiger partial charge on any atom is -0.339 e. The fourth-order valence-electron chi connectivity index (χ4n) is 2.77. The number of benzene rings is 1. The zero-order valence-electron chi connectivity index (χ0n) is 13.8. The third-order valence-corrected chi connectivity index (χ3v) is 4.20. The highest BCUT2D eigenvalue weighted by Gasteiger charge is 2.22. The average molecular weight is 342 g/mol. The minimum atomic E-state index is -0.382. The van der Waals surface area contributed by atoms with Crippen LogP contribution < -0.4 is 4.90 Å². The van der Waals surface area contributed by atoms with Crippen LogP contribution in [0.15, 0.2) is 42.7 Å². The van der Waals surface area contributed by atoms with E-state index in [2.05, 4.69) is 9.97 Å². The van der Waals surface area contributed by atoms with Crippen molar-refractivity contribution in [3.63, 3.8) is 0 Å². The van der Waals surface area contributed by atoms with Crippen molar-refractivity contribution in [1.29, 1.82) is 0 Å². The Morgan fingerprint density at radius 3 is 2.24 bits per heavy atom. The number of piperazine rings is 1. The van der Waals surface area contributed by atoms with Crippen LogP contribution in [0.3, 0.4) is 0 Å². The number of anilines is 1. The molecule has 25 heavy (non-hydrogen) atoms. The summed E-state index contributed by atoms with van der Waals surface area (Å²) in [4.78, 5) is 36.6. The molecule has 0 bridgehead atoms. The summed E-state index contributed by atoms with van der Waals surface area (Å²) in [6.45, 7) is 2.51. The van der Waals surface area contributed by atoms with Crippen molar-refractivity contribution in [2.45, 2.75) is 12.8 Å². The first kappa shape index (κ1) is 17.0. The first-order chi connectivity index (χ1) is 12.1. The molecule has 1 aromatic heterocycles. The molecule has 1 fully saturated rings. The van der Waals surface area contributed by atoms with Crippen LogP contribution in [0.5, 0.6) is 0 Å². The van der Waals surface area contributed by atoms with Gasteiger partial charge in [-0.05, 0) is 30.3 Å². The number of hydrogen-bond donors (Lipinski definition) is 0. The number of halogens is 1. The molecular formula is C18H19FN4O2. The van der Waals surface area contributed by atoms with E-state index in [4.69, 9.17) is 0 Å². The highest BCUT2D eigenvalue weighted by molar-refractivity contribution is 5.97. The van der Waals surface area contributed by atoms with Crippen LogP contribution in [0.2, 0.25) is 0 Å². The number of carbonyl (C=O) groups excluding carboxylic acids is 2. The Labute approximate surface area is 145 Å². The Kier molecular flexibility index (Phi) is 5.33. The summed E-state index contributed by atoms with van der Waals surface area (Å²) >= 11 is 0. The van der Waals surface area contributed by atoms with Gasteiger partial charge in [0.15, 0.2) is 5.78 Å². The second-order valence-electron chi connectivity index (χ2n) is 5.85. The zero-order chi connectivity index (χ0) is 17.6. The van der Waals surface area contributed by atoms with Crippen molar-refractivity contribution in [2.24, 2.45) is 0 Å². The SMILES string of the molecule is O=C(CCC(=O)N1CCN(c2ncccn2)CC1)c1ccc(F)cc1. The van der Waals surface area contributed by atoms with Crippen molar-refractivity contribution < 1.29 is 14.0 Å². The molecule has 2 aromatic rings. The molecule has 1 amide bonds. The van der Waals surface area contributed by atoms with Crippen LogP contribution in [0.4, 0.5) is 10.3 Å². The molecule has 1 saturated heterocycles. The highest BCUT2D eigenvalue weighted by Crippen LogP contribution is 2.12. The van der Waals surface area contributed by atoms with Gasteiger partial charge in [0.05, 0.1) is 0 Å². The van der Waals surface area contributed by atoms with E-state index >= 15 is 0 Å². The van der Waals surface area contributed by atoms with Crippen LogP contribution in [-0.2, 0) is 4.79 Å².